The zero-order valence-electron chi connectivity index (χ0n) is 20.2. The minimum atomic E-state index is -0.619. The first-order chi connectivity index (χ1) is 16.2. The van der Waals surface area contributed by atoms with Crippen molar-refractivity contribution >= 4 is 12.1 Å². The van der Waals surface area contributed by atoms with Gasteiger partial charge in [-0.2, -0.15) is 0 Å². The molecule has 1 aromatic heterocycles. The average molecular weight is 473 g/mol. The van der Waals surface area contributed by atoms with Crippen molar-refractivity contribution in [2.24, 2.45) is 0 Å². The number of carbonyl (C=O) groups excluding carboxylic acids is 2. The van der Waals surface area contributed by atoms with Crippen LogP contribution in [0.2, 0.25) is 0 Å². The van der Waals surface area contributed by atoms with Crippen LogP contribution in [0.3, 0.4) is 0 Å². The topological polar surface area (TPSA) is 105 Å². The molecule has 2 aromatic rings. The van der Waals surface area contributed by atoms with Gasteiger partial charge in [-0.05, 0) is 45.7 Å². The van der Waals surface area contributed by atoms with E-state index in [2.05, 4.69) is 10.3 Å². The van der Waals surface area contributed by atoms with Crippen molar-refractivity contribution in [1.29, 1.82) is 0 Å². The SMILES string of the molecule is COC(=O)c1ccc2c(c1)OCCCn1cc(nn1)CO[C@H]1CCN(C(=O)OC(C)(C)C)[C@H]2C1. The Hall–Kier alpha value is -3.14. The molecule has 2 aliphatic heterocycles. The van der Waals surface area contributed by atoms with Crippen LogP contribution in [-0.2, 0) is 27.4 Å². The lowest BCUT2D eigenvalue weighted by molar-refractivity contribution is -0.0381. The van der Waals surface area contributed by atoms with Crippen LogP contribution in [-0.4, -0.2) is 63.9 Å². The first-order valence-corrected chi connectivity index (χ1v) is 11.6. The lowest BCUT2D eigenvalue weighted by Gasteiger charge is -2.40. The summed E-state index contributed by atoms with van der Waals surface area (Å²) in [6.07, 6.45) is 3.31. The molecule has 2 aliphatic rings. The third-order valence-corrected chi connectivity index (χ3v) is 5.82. The summed E-state index contributed by atoms with van der Waals surface area (Å²) in [6, 6.07) is 4.87. The maximum Gasteiger partial charge on any atom is 0.410 e. The molecule has 0 saturated carbocycles. The number of hydrogen-bond acceptors (Lipinski definition) is 8. The predicted octanol–water partition coefficient (Wildman–Crippen LogP) is 3.50. The summed E-state index contributed by atoms with van der Waals surface area (Å²) in [5.74, 6) is 0.0910. The van der Waals surface area contributed by atoms with Gasteiger partial charge in [0, 0.05) is 25.1 Å². The Labute approximate surface area is 199 Å². The van der Waals surface area contributed by atoms with Gasteiger partial charge in [-0.1, -0.05) is 11.3 Å². The zero-order chi connectivity index (χ0) is 24.3. The number of fused-ring (bicyclic) bond motifs is 6. The van der Waals surface area contributed by atoms with E-state index in [0.29, 0.717) is 56.9 Å². The highest BCUT2D eigenvalue weighted by atomic mass is 16.6. The summed E-state index contributed by atoms with van der Waals surface area (Å²) >= 11 is 0. The number of nitrogens with zero attached hydrogens (tertiary/aromatic N) is 4. The summed E-state index contributed by atoms with van der Waals surface area (Å²) in [5, 5.41) is 8.34. The van der Waals surface area contributed by atoms with Crippen LogP contribution in [0.25, 0.3) is 0 Å². The van der Waals surface area contributed by atoms with Crippen LogP contribution in [0, 0.1) is 0 Å². The van der Waals surface area contributed by atoms with E-state index in [1.165, 1.54) is 7.11 Å². The van der Waals surface area contributed by atoms with Gasteiger partial charge in [-0.3, -0.25) is 4.68 Å². The van der Waals surface area contributed by atoms with E-state index >= 15 is 0 Å². The standard InChI is InChI=1S/C24H32N4O6/c1-24(2,3)34-23(30)28-10-8-18-13-20(28)19-7-6-16(22(29)31-4)12-21(19)32-11-5-9-27-14-17(15-33-18)25-26-27/h6-7,12,14,18,20H,5,8-11,13,15H2,1-4H3/t18-,20-/m0/s1. The van der Waals surface area contributed by atoms with Crippen LogP contribution >= 0.6 is 0 Å². The van der Waals surface area contributed by atoms with Gasteiger partial charge in [0.15, 0.2) is 0 Å². The second kappa shape index (κ2) is 10.0. The van der Waals surface area contributed by atoms with Crippen molar-refractivity contribution in [3.8, 4) is 5.75 Å². The molecule has 4 bridgehead atoms. The summed E-state index contributed by atoms with van der Waals surface area (Å²) < 4.78 is 24.7. The predicted molar refractivity (Wildman–Crippen MR) is 121 cm³/mol. The van der Waals surface area contributed by atoms with Crippen LogP contribution in [0.4, 0.5) is 4.79 Å². The van der Waals surface area contributed by atoms with Gasteiger partial charge in [-0.25, -0.2) is 9.59 Å². The molecule has 1 amide bonds. The van der Waals surface area contributed by atoms with Crippen molar-refractivity contribution in [2.75, 3.05) is 20.3 Å². The van der Waals surface area contributed by atoms with Gasteiger partial charge >= 0.3 is 12.1 Å². The number of aromatic nitrogens is 3. The van der Waals surface area contributed by atoms with Gasteiger partial charge in [0.05, 0.1) is 44.2 Å². The first kappa shape index (κ1) is 24.0. The molecule has 1 fully saturated rings. The Morgan fingerprint density at radius 1 is 1.21 bits per heavy atom. The highest BCUT2D eigenvalue weighted by Crippen LogP contribution is 2.39. The number of benzene rings is 1. The lowest BCUT2D eigenvalue weighted by Crippen LogP contribution is -2.45. The Morgan fingerprint density at radius 2 is 2.03 bits per heavy atom. The molecule has 10 heteroatoms. The molecule has 0 N–H and O–H groups in total. The number of amides is 1. The van der Waals surface area contributed by atoms with E-state index in [4.69, 9.17) is 18.9 Å². The fourth-order valence-electron chi connectivity index (χ4n) is 4.22. The quantitative estimate of drug-likeness (QED) is 0.581. The number of rotatable bonds is 1. The molecule has 0 aliphatic carbocycles. The number of carbonyl (C=O) groups is 2. The van der Waals surface area contributed by atoms with E-state index in [9.17, 15) is 9.59 Å². The highest BCUT2D eigenvalue weighted by molar-refractivity contribution is 5.90. The van der Waals surface area contributed by atoms with Crippen molar-refractivity contribution < 1.29 is 28.5 Å². The molecule has 34 heavy (non-hydrogen) atoms. The first-order valence-electron chi connectivity index (χ1n) is 11.6. The summed E-state index contributed by atoms with van der Waals surface area (Å²) in [7, 11) is 1.34. The lowest BCUT2D eigenvalue weighted by atomic mass is 9.92. The Balaban J connectivity index is 1.70. The van der Waals surface area contributed by atoms with Crippen LogP contribution < -0.4 is 4.74 Å². The maximum absolute atomic E-state index is 13.1. The van der Waals surface area contributed by atoms with Crippen molar-refractivity contribution in [3.63, 3.8) is 0 Å². The molecule has 10 nitrogen and oxygen atoms in total. The molecule has 4 rings (SSSR count). The second-order valence-electron chi connectivity index (χ2n) is 9.57. The summed E-state index contributed by atoms with van der Waals surface area (Å²) in [6.45, 7) is 7.41. The maximum atomic E-state index is 13.1. The number of piperidine rings is 1. The van der Waals surface area contributed by atoms with Gasteiger partial charge in [-0.15, -0.1) is 5.10 Å². The number of aryl methyl sites for hydroxylation is 1. The van der Waals surface area contributed by atoms with E-state index < -0.39 is 11.6 Å². The Morgan fingerprint density at radius 3 is 2.79 bits per heavy atom. The normalized spacial score (nSPS) is 21.0. The second-order valence-corrected chi connectivity index (χ2v) is 9.57. The highest BCUT2D eigenvalue weighted by Gasteiger charge is 2.37. The minimum Gasteiger partial charge on any atom is -0.493 e. The molecule has 0 unspecified atom stereocenters. The van der Waals surface area contributed by atoms with E-state index in [-0.39, 0.29) is 18.2 Å². The third kappa shape index (κ3) is 5.67. The zero-order valence-corrected chi connectivity index (χ0v) is 20.2. The third-order valence-electron chi connectivity index (χ3n) is 5.82. The van der Waals surface area contributed by atoms with E-state index in [1.807, 2.05) is 33.0 Å². The minimum absolute atomic E-state index is 0.0927. The van der Waals surface area contributed by atoms with Gasteiger partial charge in [0.2, 0.25) is 0 Å². The van der Waals surface area contributed by atoms with E-state index in [1.54, 1.807) is 21.7 Å². The Kier molecular flexibility index (Phi) is 7.06. The monoisotopic (exact) mass is 472 g/mol. The fourth-order valence-corrected chi connectivity index (χ4v) is 4.22. The molecule has 3 heterocycles. The van der Waals surface area contributed by atoms with Crippen molar-refractivity contribution in [1.82, 2.24) is 19.9 Å². The molecule has 1 saturated heterocycles. The number of methoxy groups -OCH3 is 1. The number of ether oxygens (including phenoxy) is 4. The van der Waals surface area contributed by atoms with Crippen molar-refractivity contribution in [2.45, 2.75) is 70.9 Å². The van der Waals surface area contributed by atoms with Crippen LogP contribution in [0.15, 0.2) is 24.4 Å². The average Bonchev–Trinajstić information content (AvgIpc) is 3.25. The number of likely N-dealkylation sites (tertiary alicyclic amines) is 1. The summed E-state index contributed by atoms with van der Waals surface area (Å²) in [4.78, 5) is 27.0. The molecule has 0 spiro atoms. The van der Waals surface area contributed by atoms with Crippen LogP contribution in [0.1, 0.15) is 67.7 Å². The largest absolute Gasteiger partial charge is 0.493 e. The molecular weight excluding hydrogens is 440 g/mol. The van der Waals surface area contributed by atoms with Crippen molar-refractivity contribution in [3.05, 3.63) is 41.2 Å². The summed E-state index contributed by atoms with van der Waals surface area (Å²) in [5.41, 5.74) is 1.34. The molecule has 1 aromatic carbocycles. The van der Waals surface area contributed by atoms with E-state index in [0.717, 1.165) is 11.3 Å². The molecule has 184 valence electrons. The van der Waals surface area contributed by atoms with Gasteiger partial charge in [0.1, 0.15) is 17.0 Å². The molecular formula is C24H32N4O6. The smallest absolute Gasteiger partial charge is 0.410 e. The molecule has 0 radical (unpaired) electrons. The van der Waals surface area contributed by atoms with Gasteiger partial charge < -0.3 is 23.8 Å². The Bertz CT molecular complexity index is 1030. The number of esters is 1. The van der Waals surface area contributed by atoms with Gasteiger partial charge in [0.25, 0.3) is 0 Å². The fraction of sp³-hybridized carbons (Fsp3) is 0.583. The van der Waals surface area contributed by atoms with Crippen LogP contribution in [0.5, 0.6) is 5.75 Å². The number of hydrogen-bond donors (Lipinski definition) is 0. The molecule has 2 atom stereocenters.